The van der Waals surface area contributed by atoms with Crippen LogP contribution in [0.3, 0.4) is 0 Å². The summed E-state index contributed by atoms with van der Waals surface area (Å²) in [6, 6.07) is 0. The number of alkyl halides is 1. The highest BCUT2D eigenvalue weighted by molar-refractivity contribution is 4.80. The maximum absolute atomic E-state index is 11.8. The predicted molar refractivity (Wildman–Crippen MR) is 25.4 cm³/mol. The summed E-state index contributed by atoms with van der Waals surface area (Å²) in [5.41, 5.74) is 0. The van der Waals surface area contributed by atoms with Gasteiger partial charge in [-0.15, -0.1) is 0 Å². The molecule has 0 bridgehead atoms. The van der Waals surface area contributed by atoms with Gasteiger partial charge in [0.25, 0.3) is 0 Å². The fourth-order valence-electron chi connectivity index (χ4n) is 0.215. The van der Waals surface area contributed by atoms with Crippen LogP contribution in [0.5, 0.6) is 0 Å². The molecule has 0 heterocycles. The molecule has 1 unspecified atom stereocenters. The lowest BCUT2D eigenvalue weighted by Crippen LogP contribution is -1.88. The second-order valence-corrected chi connectivity index (χ2v) is 1.24. The van der Waals surface area contributed by atoms with Gasteiger partial charge in [-0.2, -0.15) is 0 Å². The largest absolute Gasteiger partial charge is 0.243 e. The number of halogens is 2. The molecule has 2 heteroatoms. The topological polar surface area (TPSA) is 0 Å². The summed E-state index contributed by atoms with van der Waals surface area (Å²) in [4.78, 5) is 0. The molecule has 0 aliphatic carbocycles. The molecule has 0 N–H and O–H groups in total. The Morgan fingerprint density at radius 3 is 2.43 bits per heavy atom. The van der Waals surface area contributed by atoms with Crippen molar-refractivity contribution in [2.24, 2.45) is 0 Å². The number of rotatable bonds is 2. The van der Waals surface area contributed by atoms with Crippen molar-refractivity contribution < 1.29 is 8.78 Å². The molecule has 42 valence electrons. The quantitative estimate of drug-likeness (QED) is 0.506. The number of hydrogen-bond acceptors (Lipinski definition) is 0. The summed E-state index contributed by atoms with van der Waals surface area (Å²) >= 11 is 0. The Morgan fingerprint density at radius 1 is 1.71 bits per heavy atom. The van der Waals surface area contributed by atoms with E-state index in [4.69, 9.17) is 0 Å². The monoisotopic (exact) mass is 106 g/mol. The second kappa shape index (κ2) is 3.78. The molecular formula is C5H8F2. The molecule has 7 heavy (non-hydrogen) atoms. The van der Waals surface area contributed by atoms with E-state index in [1.54, 1.807) is 6.92 Å². The molecule has 0 nitrogen and oxygen atoms in total. The lowest BCUT2D eigenvalue weighted by Gasteiger charge is -1.90. The van der Waals surface area contributed by atoms with Gasteiger partial charge in [0.2, 0.25) is 0 Å². The van der Waals surface area contributed by atoms with Crippen LogP contribution in [0.1, 0.15) is 13.3 Å². The molecule has 0 amide bonds. The fourth-order valence-corrected chi connectivity index (χ4v) is 0.215. The molecule has 0 aromatic rings. The first-order chi connectivity index (χ1) is 3.31. The van der Waals surface area contributed by atoms with Crippen LogP contribution in [0.25, 0.3) is 0 Å². The normalized spacial score (nSPS) is 15.3. The van der Waals surface area contributed by atoms with Crippen molar-refractivity contribution in [3.8, 4) is 0 Å². The van der Waals surface area contributed by atoms with E-state index in [2.05, 4.69) is 0 Å². The highest BCUT2D eigenvalue weighted by Gasteiger charge is 1.92. The van der Waals surface area contributed by atoms with Crippen LogP contribution >= 0.6 is 0 Å². The third kappa shape index (κ3) is 3.43. The summed E-state index contributed by atoms with van der Waals surface area (Å²) in [6.45, 7) is 1.66. The number of allylic oxidation sites excluding steroid dienone is 1. The number of hydrogen-bond donors (Lipinski definition) is 0. The van der Waals surface area contributed by atoms with Crippen LogP contribution < -0.4 is 0 Å². The maximum atomic E-state index is 11.8. The van der Waals surface area contributed by atoms with Crippen molar-refractivity contribution in [2.75, 3.05) is 0 Å². The molecule has 0 aliphatic rings. The van der Waals surface area contributed by atoms with Gasteiger partial charge in [0.05, 0.1) is 6.33 Å². The van der Waals surface area contributed by atoms with Crippen LogP contribution in [0, 0.1) is 0 Å². The minimum absolute atomic E-state index is 0.230. The van der Waals surface area contributed by atoms with E-state index in [1.807, 2.05) is 0 Å². The van der Waals surface area contributed by atoms with E-state index < -0.39 is 6.17 Å². The third-order valence-electron chi connectivity index (χ3n) is 0.672. The van der Waals surface area contributed by atoms with E-state index in [0.29, 0.717) is 6.42 Å². The molecule has 0 saturated carbocycles. The van der Waals surface area contributed by atoms with Gasteiger partial charge in [-0.3, -0.25) is 0 Å². The van der Waals surface area contributed by atoms with E-state index >= 15 is 0 Å². The smallest absolute Gasteiger partial charge is 0.120 e. The van der Waals surface area contributed by atoms with Gasteiger partial charge >= 0.3 is 0 Å². The van der Waals surface area contributed by atoms with Gasteiger partial charge in [0, 0.05) is 0 Å². The van der Waals surface area contributed by atoms with Crippen molar-refractivity contribution in [1.29, 1.82) is 0 Å². The van der Waals surface area contributed by atoms with E-state index in [1.165, 1.54) is 0 Å². The van der Waals surface area contributed by atoms with E-state index in [-0.39, 0.29) is 6.33 Å². The minimum atomic E-state index is -1.11. The van der Waals surface area contributed by atoms with Gasteiger partial charge in [0.15, 0.2) is 0 Å². The van der Waals surface area contributed by atoms with Crippen LogP contribution in [0.15, 0.2) is 12.4 Å². The third-order valence-corrected chi connectivity index (χ3v) is 0.672. The molecule has 0 saturated heterocycles. The van der Waals surface area contributed by atoms with Crippen molar-refractivity contribution in [2.45, 2.75) is 19.5 Å². The van der Waals surface area contributed by atoms with Gasteiger partial charge in [0.1, 0.15) is 6.17 Å². The molecule has 0 aromatic heterocycles. The summed E-state index contributed by atoms with van der Waals surface area (Å²) in [7, 11) is 0. The van der Waals surface area contributed by atoms with E-state index in [9.17, 15) is 8.78 Å². The lowest BCUT2D eigenvalue weighted by molar-refractivity contribution is 0.387. The van der Waals surface area contributed by atoms with Crippen molar-refractivity contribution in [3.05, 3.63) is 12.4 Å². The Bertz CT molecular complexity index is 59.1. The Balaban J connectivity index is 3.16. The highest BCUT2D eigenvalue weighted by Crippen LogP contribution is 1.96. The SMILES string of the molecule is CCC(F)/C=C/F. The molecule has 0 spiro atoms. The Labute approximate surface area is 41.8 Å². The summed E-state index contributed by atoms with van der Waals surface area (Å²) in [5.74, 6) is 0. The molecular weight excluding hydrogens is 98.1 g/mol. The standard InChI is InChI=1S/C5H8F2/c1-2-5(7)3-4-6/h3-5H,2H2,1H3/b4-3+. The maximum Gasteiger partial charge on any atom is 0.120 e. The van der Waals surface area contributed by atoms with Crippen molar-refractivity contribution in [1.82, 2.24) is 0 Å². The summed E-state index contributed by atoms with van der Waals surface area (Å²) in [6.07, 6.45) is 0.360. The summed E-state index contributed by atoms with van der Waals surface area (Å²) < 4.78 is 22.8. The minimum Gasteiger partial charge on any atom is -0.243 e. The van der Waals surface area contributed by atoms with Crippen molar-refractivity contribution in [3.63, 3.8) is 0 Å². The van der Waals surface area contributed by atoms with E-state index in [0.717, 1.165) is 6.08 Å². The summed E-state index contributed by atoms with van der Waals surface area (Å²) in [5, 5.41) is 0. The van der Waals surface area contributed by atoms with Crippen molar-refractivity contribution >= 4 is 0 Å². The molecule has 0 rings (SSSR count). The average Bonchev–Trinajstić information content (AvgIpc) is 1.68. The van der Waals surface area contributed by atoms with Crippen LogP contribution in [-0.2, 0) is 0 Å². The average molecular weight is 106 g/mol. The zero-order valence-corrected chi connectivity index (χ0v) is 4.20. The first-order valence-corrected chi connectivity index (χ1v) is 2.22. The van der Waals surface area contributed by atoms with Crippen LogP contribution in [0.4, 0.5) is 8.78 Å². The van der Waals surface area contributed by atoms with Gasteiger partial charge in [-0.25, -0.2) is 8.78 Å². The first-order valence-electron chi connectivity index (χ1n) is 2.22. The van der Waals surface area contributed by atoms with Gasteiger partial charge < -0.3 is 0 Å². The Kier molecular flexibility index (Phi) is 3.56. The zero-order chi connectivity index (χ0) is 5.70. The molecule has 0 radical (unpaired) electrons. The van der Waals surface area contributed by atoms with Gasteiger partial charge in [-0.05, 0) is 12.5 Å². The highest BCUT2D eigenvalue weighted by atomic mass is 19.1. The Morgan fingerprint density at radius 2 is 2.29 bits per heavy atom. The second-order valence-electron chi connectivity index (χ2n) is 1.24. The first kappa shape index (κ1) is 6.60. The van der Waals surface area contributed by atoms with Crippen LogP contribution in [0.2, 0.25) is 0 Å². The fraction of sp³-hybridized carbons (Fsp3) is 0.600. The molecule has 0 aliphatic heterocycles. The Hall–Kier alpha value is -0.400. The van der Waals surface area contributed by atoms with Gasteiger partial charge in [-0.1, -0.05) is 6.92 Å². The molecule has 0 aromatic carbocycles. The predicted octanol–water partition coefficient (Wildman–Crippen LogP) is 2.22. The molecule has 1 atom stereocenters. The zero-order valence-electron chi connectivity index (χ0n) is 4.20. The lowest BCUT2D eigenvalue weighted by atomic mass is 10.3. The molecule has 0 fully saturated rings. The van der Waals surface area contributed by atoms with Crippen LogP contribution in [-0.4, -0.2) is 6.17 Å².